The molecule has 0 atom stereocenters. The highest BCUT2D eigenvalue weighted by atomic mass is 32.1. The van der Waals surface area contributed by atoms with Gasteiger partial charge in [-0.15, -0.1) is 11.3 Å². The Balaban J connectivity index is 2.21. The van der Waals surface area contributed by atoms with Gasteiger partial charge in [0, 0.05) is 35.1 Å². The van der Waals surface area contributed by atoms with E-state index >= 15 is 0 Å². The molecule has 0 saturated heterocycles. The minimum absolute atomic E-state index is 0.260. The van der Waals surface area contributed by atoms with Gasteiger partial charge in [0.15, 0.2) is 0 Å². The first-order valence-corrected chi connectivity index (χ1v) is 8.40. The Morgan fingerprint density at radius 1 is 1.18 bits per heavy atom. The summed E-state index contributed by atoms with van der Waals surface area (Å²) in [5.74, 6) is 0. The van der Waals surface area contributed by atoms with Gasteiger partial charge in [0.1, 0.15) is 5.58 Å². The molecule has 2 aromatic heterocycles. The summed E-state index contributed by atoms with van der Waals surface area (Å²) in [6, 6.07) is 10.0. The van der Waals surface area contributed by atoms with Crippen molar-refractivity contribution in [3.8, 4) is 10.4 Å². The second-order valence-corrected chi connectivity index (χ2v) is 6.17. The lowest BCUT2D eigenvalue weighted by atomic mass is 10.0. The van der Waals surface area contributed by atoms with Crippen LogP contribution in [0.5, 0.6) is 0 Å². The number of fused-ring (bicyclic) bond motifs is 1. The number of hydrogen-bond acceptors (Lipinski definition) is 4. The molecule has 0 bridgehead atoms. The van der Waals surface area contributed by atoms with E-state index in [0.717, 1.165) is 34.6 Å². The molecule has 0 radical (unpaired) electrons. The Morgan fingerprint density at radius 3 is 2.59 bits per heavy atom. The van der Waals surface area contributed by atoms with E-state index in [9.17, 15) is 4.79 Å². The van der Waals surface area contributed by atoms with E-state index in [-0.39, 0.29) is 5.63 Å². The minimum Gasteiger partial charge on any atom is -0.422 e. The number of aryl methyl sites for hydroxylation is 1. The van der Waals surface area contributed by atoms with Crippen molar-refractivity contribution in [2.75, 3.05) is 18.0 Å². The fourth-order valence-electron chi connectivity index (χ4n) is 2.84. The van der Waals surface area contributed by atoms with Gasteiger partial charge in [-0.3, -0.25) is 0 Å². The summed E-state index contributed by atoms with van der Waals surface area (Å²) in [5.41, 5.74) is 3.15. The Kier molecular flexibility index (Phi) is 4.03. The van der Waals surface area contributed by atoms with Crippen LogP contribution in [0.4, 0.5) is 5.69 Å². The SMILES string of the molecule is CCN(CC)c1ccc2c(C)c(-c3cccs3)c(=O)oc2c1. The molecule has 3 rings (SSSR count). The van der Waals surface area contributed by atoms with Crippen LogP contribution in [0.15, 0.2) is 44.9 Å². The summed E-state index contributed by atoms with van der Waals surface area (Å²) < 4.78 is 5.60. The highest BCUT2D eigenvalue weighted by Crippen LogP contribution is 2.31. The van der Waals surface area contributed by atoms with Crippen molar-refractivity contribution in [2.24, 2.45) is 0 Å². The average molecular weight is 313 g/mol. The number of nitrogens with zero attached hydrogens (tertiary/aromatic N) is 1. The summed E-state index contributed by atoms with van der Waals surface area (Å²) in [4.78, 5) is 15.6. The van der Waals surface area contributed by atoms with Gasteiger partial charge in [-0.25, -0.2) is 4.79 Å². The minimum atomic E-state index is -0.260. The Hall–Kier alpha value is -2.07. The molecule has 0 N–H and O–H groups in total. The van der Waals surface area contributed by atoms with Crippen LogP contribution in [0, 0.1) is 6.92 Å². The molecule has 1 aromatic carbocycles. The molecule has 3 aromatic rings. The van der Waals surface area contributed by atoms with Crippen molar-refractivity contribution >= 4 is 28.0 Å². The van der Waals surface area contributed by atoms with Crippen molar-refractivity contribution in [1.29, 1.82) is 0 Å². The summed E-state index contributed by atoms with van der Waals surface area (Å²) in [7, 11) is 0. The summed E-state index contributed by atoms with van der Waals surface area (Å²) >= 11 is 1.56. The molecule has 0 saturated carbocycles. The Morgan fingerprint density at radius 2 is 1.95 bits per heavy atom. The molecule has 114 valence electrons. The monoisotopic (exact) mass is 313 g/mol. The lowest BCUT2D eigenvalue weighted by molar-refractivity contribution is 0.562. The number of thiophene rings is 1. The van der Waals surface area contributed by atoms with E-state index in [1.807, 2.05) is 30.5 Å². The second-order valence-electron chi connectivity index (χ2n) is 5.22. The predicted molar refractivity (Wildman–Crippen MR) is 94.1 cm³/mol. The molecule has 0 amide bonds. The van der Waals surface area contributed by atoms with Gasteiger partial charge in [-0.1, -0.05) is 6.07 Å². The maximum Gasteiger partial charge on any atom is 0.345 e. The van der Waals surface area contributed by atoms with Crippen LogP contribution in [0.1, 0.15) is 19.4 Å². The van der Waals surface area contributed by atoms with Crippen molar-refractivity contribution in [2.45, 2.75) is 20.8 Å². The van der Waals surface area contributed by atoms with Crippen molar-refractivity contribution in [1.82, 2.24) is 0 Å². The predicted octanol–water partition coefficient (Wildman–Crippen LogP) is 4.68. The molecular weight excluding hydrogens is 294 g/mol. The molecule has 0 aliphatic rings. The van der Waals surface area contributed by atoms with Gasteiger partial charge in [-0.05, 0) is 49.9 Å². The highest BCUT2D eigenvalue weighted by Gasteiger charge is 2.15. The van der Waals surface area contributed by atoms with E-state index < -0.39 is 0 Å². The van der Waals surface area contributed by atoms with Gasteiger partial charge in [0.25, 0.3) is 0 Å². The third-order valence-electron chi connectivity index (χ3n) is 4.05. The molecule has 0 spiro atoms. The first-order valence-electron chi connectivity index (χ1n) is 7.52. The second kappa shape index (κ2) is 5.97. The Labute approximate surface area is 133 Å². The van der Waals surface area contributed by atoms with Gasteiger partial charge >= 0.3 is 5.63 Å². The van der Waals surface area contributed by atoms with Crippen LogP contribution in [0.25, 0.3) is 21.4 Å². The van der Waals surface area contributed by atoms with E-state index in [0.29, 0.717) is 11.1 Å². The quantitative estimate of drug-likeness (QED) is 0.656. The number of hydrogen-bond donors (Lipinski definition) is 0. The topological polar surface area (TPSA) is 33.5 Å². The van der Waals surface area contributed by atoms with E-state index in [1.54, 1.807) is 11.3 Å². The van der Waals surface area contributed by atoms with Gasteiger partial charge < -0.3 is 9.32 Å². The normalized spacial score (nSPS) is 11.0. The van der Waals surface area contributed by atoms with Crippen LogP contribution in [-0.4, -0.2) is 13.1 Å². The van der Waals surface area contributed by atoms with Crippen LogP contribution in [0.3, 0.4) is 0 Å². The zero-order valence-corrected chi connectivity index (χ0v) is 13.9. The Bertz CT molecular complexity index is 845. The summed E-state index contributed by atoms with van der Waals surface area (Å²) in [5, 5.41) is 2.97. The maximum absolute atomic E-state index is 12.4. The van der Waals surface area contributed by atoms with Gasteiger partial charge in [-0.2, -0.15) is 0 Å². The number of rotatable bonds is 4. The third-order valence-corrected chi connectivity index (χ3v) is 4.93. The molecule has 0 unspecified atom stereocenters. The van der Waals surface area contributed by atoms with Crippen molar-refractivity contribution in [3.63, 3.8) is 0 Å². The number of anilines is 1. The molecule has 22 heavy (non-hydrogen) atoms. The van der Waals surface area contributed by atoms with E-state index in [2.05, 4.69) is 30.9 Å². The molecular formula is C18H19NO2S. The molecule has 0 aliphatic heterocycles. The fraction of sp³-hybridized carbons (Fsp3) is 0.278. The van der Waals surface area contributed by atoms with E-state index in [4.69, 9.17) is 4.42 Å². The fourth-order valence-corrected chi connectivity index (χ4v) is 3.65. The smallest absolute Gasteiger partial charge is 0.345 e. The van der Waals surface area contributed by atoms with Gasteiger partial charge in [0.05, 0.1) is 5.56 Å². The lowest BCUT2D eigenvalue weighted by Gasteiger charge is -2.21. The summed E-state index contributed by atoms with van der Waals surface area (Å²) in [6.07, 6.45) is 0. The first-order chi connectivity index (χ1) is 10.7. The third kappa shape index (κ3) is 2.44. The lowest BCUT2D eigenvalue weighted by Crippen LogP contribution is -2.21. The maximum atomic E-state index is 12.4. The number of benzene rings is 1. The van der Waals surface area contributed by atoms with Crippen LogP contribution in [0.2, 0.25) is 0 Å². The molecule has 3 nitrogen and oxygen atoms in total. The highest BCUT2D eigenvalue weighted by molar-refractivity contribution is 7.13. The van der Waals surface area contributed by atoms with Crippen LogP contribution in [-0.2, 0) is 0 Å². The molecule has 0 aliphatic carbocycles. The average Bonchev–Trinajstić information content (AvgIpc) is 3.02. The molecule has 4 heteroatoms. The zero-order valence-electron chi connectivity index (χ0n) is 13.1. The van der Waals surface area contributed by atoms with E-state index in [1.165, 1.54) is 0 Å². The zero-order chi connectivity index (χ0) is 15.7. The largest absolute Gasteiger partial charge is 0.422 e. The van der Waals surface area contributed by atoms with Crippen LogP contribution >= 0.6 is 11.3 Å². The first kappa shape index (κ1) is 14.9. The van der Waals surface area contributed by atoms with Gasteiger partial charge in [0.2, 0.25) is 0 Å². The van der Waals surface area contributed by atoms with Crippen LogP contribution < -0.4 is 10.5 Å². The summed E-state index contributed by atoms with van der Waals surface area (Å²) in [6.45, 7) is 8.09. The standard InChI is InChI=1S/C18H19NO2S/c1-4-19(5-2)13-8-9-14-12(3)17(16-7-6-10-22-16)18(20)21-15(14)11-13/h6-11H,4-5H2,1-3H3. The molecule has 0 fully saturated rings. The van der Waals surface area contributed by atoms with Crippen molar-refractivity contribution in [3.05, 3.63) is 51.7 Å². The molecule has 2 heterocycles. The van der Waals surface area contributed by atoms with Crippen molar-refractivity contribution < 1.29 is 4.42 Å².